The monoisotopic (exact) mass is 480 g/mol. The number of carbonyl (C=O) groups excluding carboxylic acids is 1. The first-order valence-electron chi connectivity index (χ1n) is 9.71. The van der Waals surface area contributed by atoms with Crippen LogP contribution in [0.15, 0.2) is 44.9 Å². The highest BCUT2D eigenvalue weighted by Gasteiger charge is 2.33. The van der Waals surface area contributed by atoms with Crippen molar-refractivity contribution in [1.82, 2.24) is 8.87 Å². The van der Waals surface area contributed by atoms with Gasteiger partial charge in [0.2, 0.25) is 0 Å². The van der Waals surface area contributed by atoms with E-state index >= 15 is 0 Å². The van der Waals surface area contributed by atoms with E-state index in [4.69, 9.17) is 0 Å². The van der Waals surface area contributed by atoms with Crippen LogP contribution in [0.5, 0.6) is 0 Å². The van der Waals surface area contributed by atoms with Gasteiger partial charge >= 0.3 is 0 Å². The van der Waals surface area contributed by atoms with Crippen LogP contribution in [0.1, 0.15) is 19.8 Å². The van der Waals surface area contributed by atoms with Crippen LogP contribution in [-0.4, -0.2) is 41.2 Å². The molecule has 1 atom stereocenters. The molecule has 3 heterocycles. The van der Waals surface area contributed by atoms with Crippen molar-refractivity contribution in [3.8, 4) is 0 Å². The Labute approximate surface area is 186 Å². The highest BCUT2D eigenvalue weighted by molar-refractivity contribution is 7.91. The summed E-state index contributed by atoms with van der Waals surface area (Å²) in [4.78, 5) is 28.3. The molecule has 1 aromatic carbocycles. The number of nitrogens with zero attached hydrogens (tertiary/aromatic N) is 4. The molecule has 0 saturated carbocycles. The van der Waals surface area contributed by atoms with Gasteiger partial charge in [0.1, 0.15) is 4.21 Å². The highest BCUT2D eigenvalue weighted by atomic mass is 32.2. The van der Waals surface area contributed by atoms with Gasteiger partial charge in [0.15, 0.2) is 4.80 Å². The van der Waals surface area contributed by atoms with Gasteiger partial charge < -0.3 is 4.57 Å². The Morgan fingerprint density at radius 1 is 1.35 bits per heavy atom. The molecule has 0 radical (unpaired) electrons. The second-order valence-corrected chi connectivity index (χ2v) is 11.2. The third-order valence-electron chi connectivity index (χ3n) is 5.22. The minimum Gasteiger partial charge on any atom is -0.317 e. The van der Waals surface area contributed by atoms with Crippen LogP contribution in [0.3, 0.4) is 0 Å². The number of sulfonamides is 1. The number of benzene rings is 1. The first kappa shape index (κ1) is 21.8. The SMILES string of the molecule is CCn1c(=NC(=O)C2CCCN(S(=O)(=O)c3cccs3)C2)sc2cc([N+](=O)[O-])ccc21. The molecule has 31 heavy (non-hydrogen) atoms. The Hall–Kier alpha value is -2.41. The van der Waals surface area contributed by atoms with Crippen LogP contribution in [0.4, 0.5) is 5.69 Å². The number of rotatable bonds is 5. The average molecular weight is 481 g/mol. The van der Waals surface area contributed by atoms with Gasteiger partial charge in [-0.2, -0.15) is 9.30 Å². The number of non-ortho nitro benzene ring substituents is 1. The molecule has 1 amide bonds. The largest absolute Gasteiger partial charge is 0.317 e. The Morgan fingerprint density at radius 3 is 2.84 bits per heavy atom. The standard InChI is InChI=1S/C19H20N4O5S3/c1-2-22-15-8-7-14(23(25)26)11-16(15)30-19(22)20-18(24)13-5-3-9-21(12-13)31(27,28)17-6-4-10-29-17/h4,6-8,10-11,13H,2-3,5,9,12H2,1H3. The van der Waals surface area contributed by atoms with E-state index in [1.807, 2.05) is 11.5 Å². The fourth-order valence-corrected chi connectivity index (χ4v) is 7.45. The number of aryl methyl sites for hydroxylation is 1. The maximum atomic E-state index is 12.9. The summed E-state index contributed by atoms with van der Waals surface area (Å²) < 4.78 is 29.8. The topological polar surface area (TPSA) is 115 Å². The van der Waals surface area contributed by atoms with Crippen molar-refractivity contribution in [1.29, 1.82) is 0 Å². The number of hydrogen-bond donors (Lipinski definition) is 0. The van der Waals surface area contributed by atoms with Gasteiger partial charge in [-0.25, -0.2) is 8.42 Å². The van der Waals surface area contributed by atoms with Gasteiger partial charge in [0, 0.05) is 31.8 Å². The average Bonchev–Trinajstić information content (AvgIpc) is 3.41. The molecule has 0 N–H and O–H groups in total. The number of fused-ring (bicyclic) bond motifs is 1. The molecule has 1 aliphatic rings. The summed E-state index contributed by atoms with van der Waals surface area (Å²) in [6.07, 6.45) is 1.16. The number of piperidine rings is 1. The number of amides is 1. The molecule has 164 valence electrons. The lowest BCUT2D eigenvalue weighted by molar-refractivity contribution is -0.384. The third-order valence-corrected chi connectivity index (χ3v) is 9.50. The van der Waals surface area contributed by atoms with Crippen molar-refractivity contribution >= 4 is 54.5 Å². The summed E-state index contributed by atoms with van der Waals surface area (Å²) in [5.74, 6) is -0.886. The zero-order chi connectivity index (χ0) is 22.2. The molecule has 9 nitrogen and oxygen atoms in total. The summed E-state index contributed by atoms with van der Waals surface area (Å²) in [6, 6.07) is 7.82. The second kappa shape index (κ2) is 8.61. The van der Waals surface area contributed by atoms with Crippen LogP contribution in [0.2, 0.25) is 0 Å². The minimum atomic E-state index is -3.61. The molecule has 1 aliphatic heterocycles. The Kier molecular flexibility index (Phi) is 6.06. The molecule has 1 unspecified atom stereocenters. The van der Waals surface area contributed by atoms with Gasteiger partial charge in [-0.05, 0) is 37.3 Å². The predicted molar refractivity (Wildman–Crippen MR) is 119 cm³/mol. The van der Waals surface area contributed by atoms with Crippen LogP contribution in [0, 0.1) is 16.0 Å². The van der Waals surface area contributed by atoms with E-state index in [2.05, 4.69) is 4.99 Å². The lowest BCUT2D eigenvalue weighted by atomic mass is 9.99. The van der Waals surface area contributed by atoms with Crippen molar-refractivity contribution in [3.63, 3.8) is 0 Å². The van der Waals surface area contributed by atoms with Gasteiger partial charge in [-0.3, -0.25) is 14.9 Å². The predicted octanol–water partition coefficient (Wildman–Crippen LogP) is 3.22. The van der Waals surface area contributed by atoms with Crippen LogP contribution < -0.4 is 4.80 Å². The number of aromatic nitrogens is 1. The third kappa shape index (κ3) is 4.20. The number of nitro groups is 1. The molecule has 4 rings (SSSR count). The van der Waals surface area contributed by atoms with E-state index in [1.54, 1.807) is 23.6 Å². The van der Waals surface area contributed by atoms with Crippen LogP contribution in [0.25, 0.3) is 10.2 Å². The number of nitro benzene ring substituents is 1. The quantitative estimate of drug-likeness (QED) is 0.411. The van der Waals surface area contributed by atoms with E-state index in [1.165, 1.54) is 27.8 Å². The molecule has 0 spiro atoms. The van der Waals surface area contributed by atoms with Crippen LogP contribution >= 0.6 is 22.7 Å². The molecule has 0 bridgehead atoms. The molecule has 1 saturated heterocycles. The minimum absolute atomic E-state index is 0.0171. The Bertz CT molecular complexity index is 1310. The maximum absolute atomic E-state index is 12.9. The van der Waals surface area contributed by atoms with Gasteiger partial charge in [-0.1, -0.05) is 17.4 Å². The molecule has 3 aromatic rings. The van der Waals surface area contributed by atoms with E-state index in [0.717, 1.165) is 16.9 Å². The lowest BCUT2D eigenvalue weighted by Crippen LogP contribution is -2.42. The van der Waals surface area contributed by atoms with Crippen molar-refractivity contribution in [2.75, 3.05) is 13.1 Å². The molecular weight excluding hydrogens is 460 g/mol. The fraction of sp³-hybridized carbons (Fsp3) is 0.368. The van der Waals surface area contributed by atoms with E-state index in [-0.39, 0.29) is 22.3 Å². The maximum Gasteiger partial charge on any atom is 0.270 e. The Balaban J connectivity index is 1.64. The number of carbonyl (C=O) groups is 1. The summed E-state index contributed by atoms with van der Waals surface area (Å²) in [5.41, 5.74) is 0.756. The van der Waals surface area contributed by atoms with Crippen molar-refractivity contribution in [2.45, 2.75) is 30.5 Å². The summed E-state index contributed by atoms with van der Waals surface area (Å²) in [5, 5.41) is 12.8. The molecule has 12 heteroatoms. The number of thiazole rings is 1. The fourth-order valence-electron chi connectivity index (χ4n) is 3.65. The summed E-state index contributed by atoms with van der Waals surface area (Å²) in [6.45, 7) is 2.94. The molecular formula is C19H20N4O5S3. The zero-order valence-electron chi connectivity index (χ0n) is 16.6. The number of thiophene rings is 1. The van der Waals surface area contributed by atoms with Crippen molar-refractivity contribution in [3.05, 3.63) is 50.6 Å². The molecule has 1 fully saturated rings. The van der Waals surface area contributed by atoms with Gasteiger partial charge in [0.25, 0.3) is 21.6 Å². The highest BCUT2D eigenvalue weighted by Crippen LogP contribution is 2.27. The zero-order valence-corrected chi connectivity index (χ0v) is 19.1. The lowest BCUT2D eigenvalue weighted by Gasteiger charge is -2.29. The van der Waals surface area contributed by atoms with Gasteiger partial charge in [0.05, 0.1) is 21.1 Å². The van der Waals surface area contributed by atoms with Crippen LogP contribution in [-0.2, 0) is 21.4 Å². The normalized spacial score (nSPS) is 18.5. The van der Waals surface area contributed by atoms with E-state index < -0.39 is 20.9 Å². The van der Waals surface area contributed by atoms with Crippen molar-refractivity contribution < 1.29 is 18.1 Å². The van der Waals surface area contributed by atoms with E-state index in [9.17, 15) is 23.3 Å². The summed E-state index contributed by atoms with van der Waals surface area (Å²) >= 11 is 2.38. The first-order chi connectivity index (χ1) is 14.8. The smallest absolute Gasteiger partial charge is 0.270 e. The molecule has 0 aliphatic carbocycles. The summed E-state index contributed by atoms with van der Waals surface area (Å²) in [7, 11) is -3.61. The van der Waals surface area contributed by atoms with Crippen molar-refractivity contribution in [2.24, 2.45) is 10.9 Å². The molecule has 2 aromatic heterocycles. The number of hydrogen-bond acceptors (Lipinski definition) is 7. The van der Waals surface area contributed by atoms with E-state index in [0.29, 0.717) is 35.4 Å². The van der Waals surface area contributed by atoms with Gasteiger partial charge in [-0.15, -0.1) is 11.3 Å². The first-order valence-corrected chi connectivity index (χ1v) is 12.8. The Morgan fingerprint density at radius 2 is 2.16 bits per heavy atom. The second-order valence-electron chi connectivity index (χ2n) is 7.12.